The van der Waals surface area contributed by atoms with Gasteiger partial charge in [0.05, 0.1) is 0 Å². The van der Waals surface area contributed by atoms with E-state index in [-0.39, 0.29) is 5.84 Å². The Labute approximate surface area is 118 Å². The monoisotopic (exact) mass is 280 g/mol. The number of amidine groups is 1. The van der Waals surface area contributed by atoms with E-state index in [0.29, 0.717) is 18.2 Å². The van der Waals surface area contributed by atoms with Gasteiger partial charge in [-0.05, 0) is 50.7 Å². The number of hydrogen-bond donors (Lipinski definition) is 3. The number of benzene rings is 1. The van der Waals surface area contributed by atoms with E-state index in [1.807, 2.05) is 0 Å². The molecule has 1 aromatic rings. The Morgan fingerprint density at radius 1 is 1.50 bits per heavy atom. The van der Waals surface area contributed by atoms with Crippen LogP contribution in [0.1, 0.15) is 24.0 Å². The third-order valence-corrected chi connectivity index (χ3v) is 3.76. The van der Waals surface area contributed by atoms with Gasteiger partial charge in [0, 0.05) is 18.2 Å². The number of oxime groups is 1. The Morgan fingerprint density at radius 2 is 2.20 bits per heavy atom. The van der Waals surface area contributed by atoms with Crippen molar-refractivity contribution in [1.29, 1.82) is 0 Å². The molecule has 1 aliphatic heterocycles. The van der Waals surface area contributed by atoms with Gasteiger partial charge in [0.1, 0.15) is 5.82 Å². The second kappa shape index (κ2) is 6.67. The van der Waals surface area contributed by atoms with Crippen molar-refractivity contribution in [2.45, 2.75) is 25.4 Å². The van der Waals surface area contributed by atoms with Gasteiger partial charge in [0.2, 0.25) is 0 Å². The number of piperidine rings is 1. The highest BCUT2D eigenvalue weighted by Crippen LogP contribution is 2.14. The Balaban J connectivity index is 2.02. The van der Waals surface area contributed by atoms with Gasteiger partial charge in [-0.3, -0.25) is 0 Å². The number of hydrogen-bond acceptors (Lipinski definition) is 4. The molecule has 0 aliphatic carbocycles. The van der Waals surface area contributed by atoms with Crippen LogP contribution in [0, 0.1) is 5.82 Å². The molecule has 0 amide bonds. The van der Waals surface area contributed by atoms with Gasteiger partial charge in [-0.2, -0.15) is 0 Å². The Morgan fingerprint density at radius 3 is 2.85 bits per heavy atom. The average Bonchev–Trinajstić information content (AvgIpc) is 2.46. The molecule has 0 aromatic heterocycles. The number of nitrogens with zero attached hydrogens (tertiary/aromatic N) is 2. The fourth-order valence-electron chi connectivity index (χ4n) is 2.46. The maximum absolute atomic E-state index is 13.3. The highest BCUT2D eigenvalue weighted by Gasteiger charge is 2.17. The number of likely N-dealkylation sites (tertiary alicyclic amines) is 1. The first kappa shape index (κ1) is 14.7. The lowest BCUT2D eigenvalue weighted by Crippen LogP contribution is -2.40. The molecule has 1 saturated heterocycles. The molecule has 110 valence electrons. The van der Waals surface area contributed by atoms with Crippen LogP contribution in [0.25, 0.3) is 0 Å². The Bertz CT molecular complexity index is 484. The third-order valence-electron chi connectivity index (χ3n) is 3.76. The smallest absolute Gasteiger partial charge is 0.170 e. The lowest BCUT2D eigenvalue weighted by molar-refractivity contribution is 0.234. The van der Waals surface area contributed by atoms with E-state index < -0.39 is 5.82 Å². The molecule has 4 N–H and O–H groups in total. The molecule has 0 saturated carbocycles. The van der Waals surface area contributed by atoms with E-state index in [1.165, 1.54) is 12.1 Å². The molecule has 0 bridgehead atoms. The lowest BCUT2D eigenvalue weighted by atomic mass is 10.0. The van der Waals surface area contributed by atoms with Crippen LogP contribution in [-0.2, 0) is 6.54 Å². The number of nitrogens with one attached hydrogen (secondary N) is 1. The zero-order valence-electron chi connectivity index (χ0n) is 11.6. The fourth-order valence-corrected chi connectivity index (χ4v) is 2.46. The first-order chi connectivity index (χ1) is 9.60. The molecule has 0 atom stereocenters. The summed E-state index contributed by atoms with van der Waals surface area (Å²) in [5.41, 5.74) is 6.86. The quantitative estimate of drug-likeness (QED) is 0.334. The van der Waals surface area contributed by atoms with E-state index >= 15 is 0 Å². The first-order valence-corrected chi connectivity index (χ1v) is 6.78. The van der Waals surface area contributed by atoms with Crippen LogP contribution >= 0.6 is 0 Å². The summed E-state index contributed by atoms with van der Waals surface area (Å²) in [4.78, 5) is 2.30. The highest BCUT2D eigenvalue weighted by molar-refractivity contribution is 5.98. The van der Waals surface area contributed by atoms with Crippen LogP contribution in [0.5, 0.6) is 0 Å². The van der Waals surface area contributed by atoms with Crippen molar-refractivity contribution >= 4 is 5.84 Å². The summed E-state index contributed by atoms with van der Waals surface area (Å²) in [5.74, 6) is -0.459. The van der Waals surface area contributed by atoms with Crippen molar-refractivity contribution in [1.82, 2.24) is 10.2 Å². The predicted molar refractivity (Wildman–Crippen MR) is 76.3 cm³/mol. The molecule has 0 unspecified atom stereocenters. The average molecular weight is 280 g/mol. The number of halogens is 1. The second-order valence-corrected chi connectivity index (χ2v) is 5.25. The van der Waals surface area contributed by atoms with Crippen LogP contribution in [0.15, 0.2) is 23.4 Å². The molecule has 1 heterocycles. The normalized spacial score (nSPS) is 18.4. The fraction of sp³-hybridized carbons (Fsp3) is 0.500. The largest absolute Gasteiger partial charge is 0.409 e. The van der Waals surface area contributed by atoms with Crippen LogP contribution in [0.4, 0.5) is 4.39 Å². The van der Waals surface area contributed by atoms with Crippen molar-refractivity contribution in [3.05, 3.63) is 35.1 Å². The van der Waals surface area contributed by atoms with E-state index in [2.05, 4.69) is 22.4 Å². The van der Waals surface area contributed by atoms with Gasteiger partial charge in [-0.15, -0.1) is 0 Å². The summed E-state index contributed by atoms with van der Waals surface area (Å²) in [6.45, 7) is 2.74. The zero-order chi connectivity index (χ0) is 14.5. The molecule has 1 aliphatic rings. The maximum atomic E-state index is 13.3. The summed E-state index contributed by atoms with van der Waals surface area (Å²) in [6.07, 6.45) is 2.19. The summed E-state index contributed by atoms with van der Waals surface area (Å²) in [7, 11) is 2.12. The standard InChI is InChI=1S/C14H21FN4O/c1-19-6-4-12(5-7-19)17-9-10-2-3-11(15)8-13(10)14(16)18-20/h2-3,8,12,17,20H,4-7,9H2,1H3,(H2,16,18). The van der Waals surface area contributed by atoms with Gasteiger partial charge in [-0.25, -0.2) is 4.39 Å². The predicted octanol–water partition coefficient (Wildman–Crippen LogP) is 1.10. The minimum atomic E-state index is -0.394. The minimum absolute atomic E-state index is 0.0651. The molecule has 5 nitrogen and oxygen atoms in total. The highest BCUT2D eigenvalue weighted by atomic mass is 19.1. The van der Waals surface area contributed by atoms with E-state index in [1.54, 1.807) is 6.07 Å². The van der Waals surface area contributed by atoms with Crippen molar-refractivity contribution in [3.8, 4) is 0 Å². The summed E-state index contributed by atoms with van der Waals surface area (Å²) >= 11 is 0. The molecule has 0 radical (unpaired) electrons. The second-order valence-electron chi connectivity index (χ2n) is 5.25. The molecule has 1 aromatic carbocycles. The minimum Gasteiger partial charge on any atom is -0.409 e. The van der Waals surface area contributed by atoms with Gasteiger partial charge in [0.15, 0.2) is 5.84 Å². The van der Waals surface area contributed by atoms with Crippen LogP contribution in [0.2, 0.25) is 0 Å². The van der Waals surface area contributed by atoms with Gasteiger partial charge in [0.25, 0.3) is 0 Å². The van der Waals surface area contributed by atoms with Gasteiger partial charge in [-0.1, -0.05) is 11.2 Å². The Kier molecular flexibility index (Phi) is 4.92. The number of nitrogens with two attached hydrogens (primary N) is 1. The summed E-state index contributed by atoms with van der Waals surface area (Å²) < 4.78 is 13.3. The van der Waals surface area contributed by atoms with Crippen LogP contribution < -0.4 is 11.1 Å². The molecular formula is C14H21FN4O. The molecule has 1 fully saturated rings. The molecule has 0 spiro atoms. The van der Waals surface area contributed by atoms with Crippen molar-refractivity contribution in [2.24, 2.45) is 10.9 Å². The molecule has 2 rings (SSSR count). The molecular weight excluding hydrogens is 259 g/mol. The SMILES string of the molecule is CN1CCC(NCc2ccc(F)cc2C(N)=NO)CC1. The van der Waals surface area contributed by atoms with Gasteiger partial charge >= 0.3 is 0 Å². The van der Waals surface area contributed by atoms with E-state index in [4.69, 9.17) is 10.9 Å². The van der Waals surface area contributed by atoms with Crippen molar-refractivity contribution in [3.63, 3.8) is 0 Å². The summed E-state index contributed by atoms with van der Waals surface area (Å²) in [6, 6.07) is 4.81. The van der Waals surface area contributed by atoms with Crippen molar-refractivity contribution in [2.75, 3.05) is 20.1 Å². The van der Waals surface area contributed by atoms with Crippen LogP contribution in [0.3, 0.4) is 0 Å². The van der Waals surface area contributed by atoms with Gasteiger partial charge < -0.3 is 21.2 Å². The van der Waals surface area contributed by atoms with Crippen LogP contribution in [-0.4, -0.2) is 42.1 Å². The summed E-state index contributed by atoms with van der Waals surface area (Å²) in [5, 5.41) is 15.2. The maximum Gasteiger partial charge on any atom is 0.170 e. The first-order valence-electron chi connectivity index (χ1n) is 6.78. The Hall–Kier alpha value is -1.66. The topological polar surface area (TPSA) is 73.9 Å². The zero-order valence-corrected chi connectivity index (χ0v) is 11.6. The number of rotatable bonds is 4. The van der Waals surface area contributed by atoms with E-state index in [0.717, 1.165) is 31.5 Å². The molecule has 20 heavy (non-hydrogen) atoms. The van der Waals surface area contributed by atoms with E-state index in [9.17, 15) is 4.39 Å². The van der Waals surface area contributed by atoms with Crippen molar-refractivity contribution < 1.29 is 9.60 Å². The molecule has 6 heteroatoms. The third kappa shape index (κ3) is 3.68. The lowest BCUT2D eigenvalue weighted by Gasteiger charge is -2.29.